The maximum Gasteiger partial charge on any atom is 0.166 e. The van der Waals surface area contributed by atoms with Crippen LogP contribution in [0, 0.1) is 0 Å². The summed E-state index contributed by atoms with van der Waals surface area (Å²) in [4.78, 5) is 14.0. The van der Waals surface area contributed by atoms with Gasteiger partial charge in [-0.05, 0) is 5.56 Å². The molecule has 0 bridgehead atoms. The van der Waals surface area contributed by atoms with Crippen LogP contribution in [0.5, 0.6) is 0 Å². The molecule has 0 saturated carbocycles. The lowest BCUT2D eigenvalue weighted by Gasteiger charge is -2.34. The Bertz CT molecular complexity index is 572. The van der Waals surface area contributed by atoms with Crippen molar-refractivity contribution >= 4 is 27.4 Å². The van der Waals surface area contributed by atoms with Crippen molar-refractivity contribution in [2.24, 2.45) is 0 Å². The lowest BCUT2D eigenvalue weighted by Crippen LogP contribution is -2.49. The highest BCUT2D eigenvalue weighted by molar-refractivity contribution is 8.01. The zero-order chi connectivity index (χ0) is 15.3. The SMILES string of the molecule is CCS(=O)(=O)C1CSCCN1CC(=O)Cc1ccccc1. The van der Waals surface area contributed by atoms with Crippen molar-refractivity contribution in [3.8, 4) is 0 Å². The van der Waals surface area contributed by atoms with Gasteiger partial charge in [0.15, 0.2) is 15.6 Å². The van der Waals surface area contributed by atoms with Crippen LogP contribution in [0.25, 0.3) is 0 Å². The Hall–Kier alpha value is -0.850. The fraction of sp³-hybridized carbons (Fsp3) is 0.533. The standard InChI is InChI=1S/C15H21NO3S2/c1-2-21(18,19)15-12-20-9-8-16(15)11-14(17)10-13-6-4-3-5-7-13/h3-7,15H,2,8-12H2,1H3. The van der Waals surface area contributed by atoms with Crippen molar-refractivity contribution in [1.82, 2.24) is 4.90 Å². The van der Waals surface area contributed by atoms with Crippen LogP contribution >= 0.6 is 11.8 Å². The molecule has 1 unspecified atom stereocenters. The first-order chi connectivity index (χ1) is 10.0. The second-order valence-electron chi connectivity index (χ2n) is 5.15. The Kier molecular flexibility index (Phi) is 5.84. The van der Waals surface area contributed by atoms with Crippen LogP contribution < -0.4 is 0 Å². The van der Waals surface area contributed by atoms with Crippen LogP contribution in [0.15, 0.2) is 30.3 Å². The molecular formula is C15H21NO3S2. The highest BCUT2D eigenvalue weighted by Crippen LogP contribution is 2.21. The Balaban J connectivity index is 2.01. The van der Waals surface area contributed by atoms with Gasteiger partial charge in [0.25, 0.3) is 0 Å². The van der Waals surface area contributed by atoms with Crippen molar-refractivity contribution in [2.75, 3.05) is 30.3 Å². The first-order valence-electron chi connectivity index (χ1n) is 7.12. The number of rotatable bonds is 6. The van der Waals surface area contributed by atoms with Crippen LogP contribution in [0.2, 0.25) is 0 Å². The maximum absolute atomic E-state index is 12.2. The highest BCUT2D eigenvalue weighted by atomic mass is 32.2. The molecule has 1 aliphatic rings. The largest absolute Gasteiger partial charge is 0.298 e. The molecule has 6 heteroatoms. The molecule has 1 saturated heterocycles. The van der Waals surface area contributed by atoms with Gasteiger partial charge in [0.1, 0.15) is 5.37 Å². The summed E-state index contributed by atoms with van der Waals surface area (Å²) in [5.74, 6) is 1.65. The van der Waals surface area contributed by atoms with Gasteiger partial charge in [0.2, 0.25) is 0 Å². The summed E-state index contributed by atoms with van der Waals surface area (Å²) in [6.07, 6.45) is 0.364. The fourth-order valence-electron chi connectivity index (χ4n) is 2.43. The van der Waals surface area contributed by atoms with Crippen molar-refractivity contribution < 1.29 is 13.2 Å². The Labute approximate surface area is 130 Å². The van der Waals surface area contributed by atoms with E-state index in [1.54, 1.807) is 18.7 Å². The number of hydrogen-bond donors (Lipinski definition) is 0. The van der Waals surface area contributed by atoms with E-state index in [9.17, 15) is 13.2 Å². The van der Waals surface area contributed by atoms with Crippen molar-refractivity contribution in [1.29, 1.82) is 0 Å². The molecule has 0 aliphatic carbocycles. The van der Waals surface area contributed by atoms with E-state index in [4.69, 9.17) is 0 Å². The van der Waals surface area contributed by atoms with Gasteiger partial charge in [-0.3, -0.25) is 9.69 Å². The molecule has 4 nitrogen and oxygen atoms in total. The normalized spacial score (nSPS) is 20.3. The van der Waals surface area contributed by atoms with E-state index in [-0.39, 0.29) is 18.1 Å². The van der Waals surface area contributed by atoms with E-state index in [1.807, 2.05) is 35.2 Å². The van der Waals surface area contributed by atoms with Gasteiger partial charge >= 0.3 is 0 Å². The molecule has 1 aliphatic heterocycles. The summed E-state index contributed by atoms with van der Waals surface area (Å²) in [6.45, 7) is 2.55. The quantitative estimate of drug-likeness (QED) is 0.794. The van der Waals surface area contributed by atoms with Crippen LogP contribution in [0.4, 0.5) is 0 Å². The number of Topliss-reactive ketones (excluding diaryl/α,β-unsaturated/α-hetero) is 1. The van der Waals surface area contributed by atoms with Gasteiger partial charge in [0.05, 0.1) is 6.54 Å². The van der Waals surface area contributed by atoms with Gasteiger partial charge in [-0.25, -0.2) is 8.42 Å². The van der Waals surface area contributed by atoms with Gasteiger partial charge in [-0.2, -0.15) is 11.8 Å². The number of carbonyl (C=O) groups excluding carboxylic acids is 1. The van der Waals surface area contributed by atoms with Crippen molar-refractivity contribution in [3.63, 3.8) is 0 Å². The lowest BCUT2D eigenvalue weighted by molar-refractivity contribution is -0.119. The van der Waals surface area contributed by atoms with Crippen LogP contribution in [-0.2, 0) is 21.1 Å². The molecule has 21 heavy (non-hydrogen) atoms. The second-order valence-corrected chi connectivity index (χ2v) is 8.75. The Morgan fingerprint density at radius 1 is 1.33 bits per heavy atom. The molecule has 2 rings (SSSR count). The zero-order valence-electron chi connectivity index (χ0n) is 12.2. The third-order valence-corrected chi connectivity index (χ3v) is 6.96. The molecule has 1 atom stereocenters. The summed E-state index contributed by atoms with van der Waals surface area (Å²) in [5.41, 5.74) is 0.976. The average Bonchev–Trinajstić information content (AvgIpc) is 2.48. The average molecular weight is 327 g/mol. The molecule has 1 aromatic carbocycles. The molecule has 0 aromatic heterocycles. The third-order valence-electron chi connectivity index (χ3n) is 3.63. The monoisotopic (exact) mass is 327 g/mol. The fourth-order valence-corrected chi connectivity index (χ4v) is 5.51. The molecule has 0 amide bonds. The lowest BCUT2D eigenvalue weighted by atomic mass is 10.1. The van der Waals surface area contributed by atoms with E-state index in [2.05, 4.69) is 0 Å². The first-order valence-corrected chi connectivity index (χ1v) is 9.99. The van der Waals surface area contributed by atoms with Crippen molar-refractivity contribution in [3.05, 3.63) is 35.9 Å². The molecular weight excluding hydrogens is 306 g/mol. The topological polar surface area (TPSA) is 54.5 Å². The van der Waals surface area contributed by atoms with Crippen LogP contribution in [-0.4, -0.2) is 54.8 Å². The number of ketones is 1. The van der Waals surface area contributed by atoms with Crippen LogP contribution in [0.3, 0.4) is 0 Å². The summed E-state index contributed by atoms with van der Waals surface area (Å²) in [5, 5.41) is -0.513. The third kappa shape index (κ3) is 4.56. The number of benzene rings is 1. The Morgan fingerprint density at radius 2 is 2.05 bits per heavy atom. The minimum Gasteiger partial charge on any atom is -0.298 e. The van der Waals surface area contributed by atoms with Gasteiger partial charge < -0.3 is 0 Å². The summed E-state index contributed by atoms with van der Waals surface area (Å²) >= 11 is 1.65. The maximum atomic E-state index is 12.2. The number of hydrogen-bond acceptors (Lipinski definition) is 5. The highest BCUT2D eigenvalue weighted by Gasteiger charge is 2.33. The van der Waals surface area contributed by atoms with Crippen molar-refractivity contribution in [2.45, 2.75) is 18.7 Å². The molecule has 0 N–H and O–H groups in total. The van der Waals surface area contributed by atoms with Gasteiger partial charge in [0, 0.05) is 30.2 Å². The zero-order valence-corrected chi connectivity index (χ0v) is 13.8. The first kappa shape index (κ1) is 16.5. The van der Waals surface area contributed by atoms with E-state index in [0.29, 0.717) is 18.7 Å². The summed E-state index contributed by atoms with van der Waals surface area (Å²) < 4.78 is 24.3. The Morgan fingerprint density at radius 3 is 2.71 bits per heavy atom. The van der Waals surface area contributed by atoms with Crippen LogP contribution in [0.1, 0.15) is 12.5 Å². The predicted molar refractivity (Wildman–Crippen MR) is 87.3 cm³/mol. The minimum absolute atomic E-state index is 0.0735. The molecule has 0 radical (unpaired) electrons. The minimum atomic E-state index is -3.14. The van der Waals surface area contributed by atoms with Gasteiger partial charge in [-0.15, -0.1) is 0 Å². The van der Waals surface area contributed by atoms with Gasteiger partial charge in [-0.1, -0.05) is 37.3 Å². The van der Waals surface area contributed by atoms with E-state index >= 15 is 0 Å². The number of nitrogens with zero attached hydrogens (tertiary/aromatic N) is 1. The molecule has 1 heterocycles. The molecule has 116 valence electrons. The number of sulfone groups is 1. The smallest absolute Gasteiger partial charge is 0.166 e. The predicted octanol–water partition coefficient (Wildman–Crippen LogP) is 1.61. The summed E-state index contributed by atoms with van der Waals surface area (Å²) in [6, 6.07) is 9.57. The summed E-state index contributed by atoms with van der Waals surface area (Å²) in [7, 11) is -3.14. The number of carbonyl (C=O) groups is 1. The molecule has 1 fully saturated rings. The molecule has 0 spiro atoms. The second kappa shape index (κ2) is 7.42. The van der Waals surface area contributed by atoms with E-state index in [1.165, 1.54) is 0 Å². The van der Waals surface area contributed by atoms with E-state index < -0.39 is 15.2 Å². The number of thioether (sulfide) groups is 1. The van der Waals surface area contributed by atoms with E-state index in [0.717, 1.165) is 11.3 Å². The molecule has 1 aromatic rings.